The van der Waals surface area contributed by atoms with Gasteiger partial charge in [0.05, 0.1) is 0 Å². The summed E-state index contributed by atoms with van der Waals surface area (Å²) < 4.78 is 25.0. The summed E-state index contributed by atoms with van der Waals surface area (Å²) in [5, 5.41) is 3.42. The highest BCUT2D eigenvalue weighted by Gasteiger charge is 2.06. The van der Waals surface area contributed by atoms with E-state index in [9.17, 15) is 8.60 Å². The molecule has 0 aliphatic carbocycles. The second-order valence-corrected chi connectivity index (χ2v) is 6.67. The Morgan fingerprint density at radius 1 is 1.53 bits per heavy atom. The van der Waals surface area contributed by atoms with E-state index < -0.39 is 10.8 Å². The molecule has 1 aromatic rings. The number of hydrogen-bond donors (Lipinski definition) is 1. The molecule has 0 saturated heterocycles. The summed E-state index contributed by atoms with van der Waals surface area (Å²) >= 11 is 3.38. The van der Waals surface area contributed by atoms with Crippen molar-refractivity contribution in [3.05, 3.63) is 34.1 Å². The molecule has 0 heterocycles. The Balaban J connectivity index is 2.36. The summed E-state index contributed by atoms with van der Waals surface area (Å²) in [5.74, 6) is -0.229. The molecule has 0 bridgehead atoms. The molecule has 0 spiro atoms. The lowest BCUT2D eigenvalue weighted by Crippen LogP contribution is -2.21. The molecule has 1 N–H and O–H groups in total. The van der Waals surface area contributed by atoms with Crippen LogP contribution in [0.15, 0.2) is 22.7 Å². The summed E-state index contributed by atoms with van der Waals surface area (Å²) in [6, 6.07) is 4.64. The molecular formula is C12H17BrFNOS. The third-order valence-electron chi connectivity index (χ3n) is 2.62. The molecule has 17 heavy (non-hydrogen) atoms. The van der Waals surface area contributed by atoms with Crippen molar-refractivity contribution in [3.8, 4) is 0 Å². The Hall–Kier alpha value is -0.260. The van der Waals surface area contributed by atoms with Crippen LogP contribution in [0.2, 0.25) is 0 Å². The molecule has 0 aliphatic rings. The fourth-order valence-corrected chi connectivity index (χ4v) is 2.21. The van der Waals surface area contributed by atoms with Gasteiger partial charge in [0.25, 0.3) is 0 Å². The topological polar surface area (TPSA) is 29.1 Å². The zero-order valence-corrected chi connectivity index (χ0v) is 12.4. The van der Waals surface area contributed by atoms with E-state index in [1.807, 2.05) is 6.92 Å². The van der Waals surface area contributed by atoms with Crippen LogP contribution in [0, 0.1) is 5.82 Å². The predicted octanol–water partition coefficient (Wildman–Crippen LogP) is 2.83. The molecule has 0 radical (unpaired) electrons. The first-order chi connectivity index (χ1) is 8.00. The van der Waals surface area contributed by atoms with Gasteiger partial charge in [-0.1, -0.05) is 22.9 Å². The van der Waals surface area contributed by atoms with Crippen molar-refractivity contribution in [2.45, 2.75) is 25.1 Å². The van der Waals surface area contributed by atoms with Gasteiger partial charge in [0.1, 0.15) is 5.82 Å². The van der Waals surface area contributed by atoms with E-state index in [0.29, 0.717) is 6.54 Å². The maximum absolute atomic E-state index is 13.0. The van der Waals surface area contributed by atoms with Crippen molar-refractivity contribution < 1.29 is 8.60 Å². The lowest BCUT2D eigenvalue weighted by molar-refractivity contribution is 0.611. The van der Waals surface area contributed by atoms with Gasteiger partial charge in [-0.2, -0.15) is 0 Å². The minimum atomic E-state index is -0.776. The molecule has 0 fully saturated rings. The van der Waals surface area contributed by atoms with Crippen LogP contribution in [0.3, 0.4) is 0 Å². The van der Waals surface area contributed by atoms with Gasteiger partial charge in [0, 0.05) is 33.3 Å². The van der Waals surface area contributed by atoms with Crippen molar-refractivity contribution in [1.29, 1.82) is 0 Å². The predicted molar refractivity (Wildman–Crippen MR) is 74.0 cm³/mol. The lowest BCUT2D eigenvalue weighted by Gasteiger charge is -2.10. The van der Waals surface area contributed by atoms with E-state index in [1.54, 1.807) is 12.3 Å². The quantitative estimate of drug-likeness (QED) is 0.816. The molecule has 2 atom stereocenters. The molecule has 0 unspecified atom stereocenters. The first-order valence-corrected chi connectivity index (χ1v) is 7.89. The molecular weight excluding hydrogens is 305 g/mol. The average Bonchev–Trinajstić information content (AvgIpc) is 2.28. The zero-order chi connectivity index (χ0) is 12.8. The van der Waals surface area contributed by atoms with Crippen LogP contribution in [-0.2, 0) is 17.3 Å². The van der Waals surface area contributed by atoms with Gasteiger partial charge in [-0.3, -0.25) is 4.21 Å². The van der Waals surface area contributed by atoms with Crippen LogP contribution < -0.4 is 5.32 Å². The second-order valence-electron chi connectivity index (χ2n) is 4.01. The maximum atomic E-state index is 13.0. The van der Waals surface area contributed by atoms with Crippen LogP contribution >= 0.6 is 15.9 Å². The molecule has 96 valence electrons. The first-order valence-electron chi connectivity index (χ1n) is 5.47. The Morgan fingerprint density at radius 2 is 2.24 bits per heavy atom. The minimum absolute atomic E-state index is 0.193. The summed E-state index contributed by atoms with van der Waals surface area (Å²) in [7, 11) is -0.776. The Bertz CT molecular complexity index is 400. The fraction of sp³-hybridized carbons (Fsp3) is 0.500. The number of hydrogen-bond acceptors (Lipinski definition) is 2. The summed E-state index contributed by atoms with van der Waals surface area (Å²) in [4.78, 5) is 0. The third kappa shape index (κ3) is 5.27. The number of nitrogens with one attached hydrogen (secondary N) is 1. The Labute approximate surface area is 113 Å². The fourth-order valence-electron chi connectivity index (χ4n) is 1.37. The van der Waals surface area contributed by atoms with Gasteiger partial charge >= 0.3 is 0 Å². The minimum Gasteiger partial charge on any atom is -0.313 e. The van der Waals surface area contributed by atoms with E-state index in [-0.39, 0.29) is 11.1 Å². The molecule has 1 rings (SSSR count). The van der Waals surface area contributed by atoms with Crippen molar-refractivity contribution in [2.24, 2.45) is 0 Å². The molecule has 0 saturated carbocycles. The molecule has 0 aliphatic heterocycles. The van der Waals surface area contributed by atoms with Gasteiger partial charge < -0.3 is 5.32 Å². The summed E-state index contributed by atoms with van der Waals surface area (Å²) in [6.07, 6.45) is 2.57. The number of benzene rings is 1. The highest BCUT2D eigenvalue weighted by atomic mass is 79.9. The molecule has 1 aromatic carbocycles. The van der Waals surface area contributed by atoms with Crippen molar-refractivity contribution in [1.82, 2.24) is 5.32 Å². The van der Waals surface area contributed by atoms with Gasteiger partial charge in [-0.15, -0.1) is 0 Å². The molecule has 0 amide bonds. The van der Waals surface area contributed by atoms with Crippen LogP contribution in [0.25, 0.3) is 0 Å². The van der Waals surface area contributed by atoms with E-state index in [1.165, 1.54) is 12.1 Å². The van der Waals surface area contributed by atoms with Crippen LogP contribution in [0.1, 0.15) is 18.9 Å². The van der Waals surface area contributed by atoms with Crippen molar-refractivity contribution in [3.63, 3.8) is 0 Å². The molecule has 5 heteroatoms. The van der Waals surface area contributed by atoms with Crippen LogP contribution in [-0.4, -0.2) is 22.3 Å². The van der Waals surface area contributed by atoms with Crippen molar-refractivity contribution in [2.75, 3.05) is 12.8 Å². The van der Waals surface area contributed by atoms with E-state index in [2.05, 4.69) is 21.2 Å². The maximum Gasteiger partial charge on any atom is 0.123 e. The second kappa shape index (κ2) is 7.24. The zero-order valence-electron chi connectivity index (χ0n) is 10.0. The van der Waals surface area contributed by atoms with Gasteiger partial charge in [-0.05, 0) is 36.7 Å². The van der Waals surface area contributed by atoms with Crippen LogP contribution in [0.5, 0.6) is 0 Å². The van der Waals surface area contributed by atoms with Crippen molar-refractivity contribution >= 4 is 26.7 Å². The smallest absolute Gasteiger partial charge is 0.123 e. The Kier molecular flexibility index (Phi) is 6.30. The normalized spacial score (nSPS) is 14.6. The SMILES string of the molecule is C[C@@H](CCNCc1cc(F)ccc1Br)[S@](C)=O. The number of rotatable bonds is 6. The van der Waals surface area contributed by atoms with E-state index >= 15 is 0 Å². The summed E-state index contributed by atoms with van der Waals surface area (Å²) in [6.45, 7) is 3.36. The lowest BCUT2D eigenvalue weighted by atomic mass is 10.2. The number of halogens is 2. The largest absolute Gasteiger partial charge is 0.313 e. The highest BCUT2D eigenvalue weighted by molar-refractivity contribution is 9.10. The monoisotopic (exact) mass is 321 g/mol. The first kappa shape index (κ1) is 14.8. The highest BCUT2D eigenvalue weighted by Crippen LogP contribution is 2.17. The standard InChI is InChI=1S/C12H17BrFNOS/c1-9(17(2)16)5-6-15-8-10-7-11(14)3-4-12(10)13/h3-4,7,9,15H,5-6,8H2,1-2H3/t9-,17-/m0/s1. The Morgan fingerprint density at radius 3 is 2.88 bits per heavy atom. The average molecular weight is 322 g/mol. The summed E-state index contributed by atoms with van der Waals surface area (Å²) in [5.41, 5.74) is 0.898. The molecule has 0 aromatic heterocycles. The van der Waals surface area contributed by atoms with Gasteiger partial charge in [0.2, 0.25) is 0 Å². The van der Waals surface area contributed by atoms with Gasteiger partial charge in [0.15, 0.2) is 0 Å². The van der Waals surface area contributed by atoms with E-state index in [0.717, 1.165) is 23.0 Å². The third-order valence-corrected chi connectivity index (χ3v) is 4.76. The van der Waals surface area contributed by atoms with Crippen LogP contribution in [0.4, 0.5) is 4.39 Å². The van der Waals surface area contributed by atoms with Gasteiger partial charge in [-0.25, -0.2) is 4.39 Å². The molecule has 2 nitrogen and oxygen atoms in total. The van der Waals surface area contributed by atoms with E-state index in [4.69, 9.17) is 0 Å².